The second-order valence-corrected chi connectivity index (χ2v) is 5.65. The van der Waals surface area contributed by atoms with E-state index in [1.54, 1.807) is 12.1 Å². The van der Waals surface area contributed by atoms with Crippen LogP contribution in [0.25, 0.3) is 0 Å². The first-order valence-electron chi connectivity index (χ1n) is 7.43. The Hall–Kier alpha value is -1.09. The average molecular weight is 264 g/mol. The topological polar surface area (TPSA) is 29.3 Å². The SMILES string of the molecule is CCC(N)Cc1cc(F)ccc1N1CCC(CC)C1. The van der Waals surface area contributed by atoms with Gasteiger partial charge in [-0.1, -0.05) is 20.3 Å². The standard InChI is InChI=1S/C16H25FN2/c1-3-12-7-8-19(11-12)16-6-5-14(17)9-13(16)10-15(18)4-2/h5-6,9,12,15H,3-4,7-8,10-11,18H2,1-2H3. The van der Waals surface area contributed by atoms with E-state index in [0.717, 1.165) is 37.4 Å². The lowest BCUT2D eigenvalue weighted by molar-refractivity contribution is 0.568. The molecule has 1 aliphatic rings. The number of nitrogens with zero attached hydrogens (tertiary/aromatic N) is 1. The zero-order valence-corrected chi connectivity index (χ0v) is 12.0. The predicted octanol–water partition coefficient (Wildman–Crippen LogP) is 3.34. The largest absolute Gasteiger partial charge is 0.371 e. The van der Waals surface area contributed by atoms with Crippen LogP contribution in [-0.4, -0.2) is 19.1 Å². The van der Waals surface area contributed by atoms with E-state index >= 15 is 0 Å². The molecule has 2 N–H and O–H groups in total. The lowest BCUT2D eigenvalue weighted by Gasteiger charge is -2.23. The number of nitrogens with two attached hydrogens (primary N) is 1. The van der Waals surface area contributed by atoms with E-state index in [0.29, 0.717) is 0 Å². The van der Waals surface area contributed by atoms with Gasteiger partial charge in [0.1, 0.15) is 5.82 Å². The van der Waals surface area contributed by atoms with Crippen LogP contribution >= 0.6 is 0 Å². The first kappa shape index (κ1) is 14.3. The Labute approximate surface area is 115 Å². The fourth-order valence-corrected chi connectivity index (χ4v) is 2.84. The minimum absolute atomic E-state index is 0.116. The molecular weight excluding hydrogens is 239 g/mol. The Bertz CT molecular complexity index is 419. The van der Waals surface area contributed by atoms with Crippen molar-refractivity contribution in [2.45, 2.75) is 45.6 Å². The molecule has 0 aliphatic carbocycles. The summed E-state index contributed by atoms with van der Waals surface area (Å²) >= 11 is 0. The molecule has 106 valence electrons. The van der Waals surface area contributed by atoms with E-state index in [2.05, 4.69) is 18.7 Å². The third kappa shape index (κ3) is 3.47. The van der Waals surface area contributed by atoms with Gasteiger partial charge < -0.3 is 10.6 Å². The molecule has 0 amide bonds. The van der Waals surface area contributed by atoms with Crippen LogP contribution < -0.4 is 10.6 Å². The Morgan fingerprint density at radius 2 is 2.21 bits per heavy atom. The maximum atomic E-state index is 13.5. The van der Waals surface area contributed by atoms with Gasteiger partial charge in [0, 0.05) is 24.8 Å². The summed E-state index contributed by atoms with van der Waals surface area (Å²) in [7, 11) is 0. The van der Waals surface area contributed by atoms with E-state index in [1.807, 2.05) is 6.07 Å². The molecule has 3 heteroatoms. The molecule has 1 heterocycles. The van der Waals surface area contributed by atoms with E-state index in [-0.39, 0.29) is 11.9 Å². The maximum Gasteiger partial charge on any atom is 0.123 e. The average Bonchev–Trinajstić information content (AvgIpc) is 2.87. The number of hydrogen-bond acceptors (Lipinski definition) is 2. The van der Waals surface area contributed by atoms with Crippen LogP contribution in [0.5, 0.6) is 0 Å². The van der Waals surface area contributed by atoms with Crippen LogP contribution in [-0.2, 0) is 6.42 Å². The highest BCUT2D eigenvalue weighted by molar-refractivity contribution is 5.55. The number of anilines is 1. The molecule has 2 rings (SSSR count). The van der Waals surface area contributed by atoms with E-state index < -0.39 is 0 Å². The quantitative estimate of drug-likeness (QED) is 0.883. The highest BCUT2D eigenvalue weighted by atomic mass is 19.1. The molecular formula is C16H25FN2. The van der Waals surface area contributed by atoms with Crippen molar-refractivity contribution in [2.24, 2.45) is 11.7 Å². The van der Waals surface area contributed by atoms with Gasteiger partial charge in [0.15, 0.2) is 0 Å². The number of benzene rings is 1. The van der Waals surface area contributed by atoms with E-state index in [1.165, 1.54) is 18.5 Å². The van der Waals surface area contributed by atoms with Crippen molar-refractivity contribution in [3.63, 3.8) is 0 Å². The molecule has 1 fully saturated rings. The second-order valence-electron chi connectivity index (χ2n) is 5.65. The molecule has 1 aliphatic heterocycles. The molecule has 0 aromatic heterocycles. The van der Waals surface area contributed by atoms with Crippen LogP contribution in [0.3, 0.4) is 0 Å². The fourth-order valence-electron chi connectivity index (χ4n) is 2.84. The minimum atomic E-state index is -0.159. The van der Waals surface area contributed by atoms with Crippen molar-refractivity contribution in [3.8, 4) is 0 Å². The summed E-state index contributed by atoms with van der Waals surface area (Å²) in [5, 5.41) is 0. The molecule has 0 saturated carbocycles. The molecule has 0 bridgehead atoms. The Morgan fingerprint density at radius 1 is 1.42 bits per heavy atom. The van der Waals surface area contributed by atoms with Gasteiger partial charge in [0.25, 0.3) is 0 Å². The fraction of sp³-hybridized carbons (Fsp3) is 0.625. The van der Waals surface area contributed by atoms with Gasteiger partial charge in [-0.05, 0) is 48.9 Å². The summed E-state index contributed by atoms with van der Waals surface area (Å²) in [4.78, 5) is 2.39. The third-order valence-electron chi connectivity index (χ3n) is 4.25. The third-order valence-corrected chi connectivity index (χ3v) is 4.25. The van der Waals surface area contributed by atoms with Gasteiger partial charge in [0.05, 0.1) is 0 Å². The van der Waals surface area contributed by atoms with Crippen molar-refractivity contribution in [3.05, 3.63) is 29.6 Å². The lowest BCUT2D eigenvalue weighted by atomic mass is 10.0. The highest BCUT2D eigenvalue weighted by Crippen LogP contribution is 2.29. The maximum absolute atomic E-state index is 13.5. The van der Waals surface area contributed by atoms with Gasteiger partial charge in [-0.15, -0.1) is 0 Å². The first-order chi connectivity index (χ1) is 9.13. The summed E-state index contributed by atoms with van der Waals surface area (Å²) < 4.78 is 13.5. The minimum Gasteiger partial charge on any atom is -0.371 e. The van der Waals surface area contributed by atoms with Crippen molar-refractivity contribution >= 4 is 5.69 Å². The molecule has 19 heavy (non-hydrogen) atoms. The summed E-state index contributed by atoms with van der Waals surface area (Å²) in [5.74, 6) is 0.617. The monoisotopic (exact) mass is 264 g/mol. The number of hydrogen-bond donors (Lipinski definition) is 1. The van der Waals surface area contributed by atoms with Crippen LogP contribution in [0.15, 0.2) is 18.2 Å². The summed E-state index contributed by atoms with van der Waals surface area (Å²) in [5.41, 5.74) is 8.28. The zero-order chi connectivity index (χ0) is 13.8. The van der Waals surface area contributed by atoms with Gasteiger partial charge in [-0.3, -0.25) is 0 Å². The molecule has 1 saturated heterocycles. The Balaban J connectivity index is 2.19. The highest BCUT2D eigenvalue weighted by Gasteiger charge is 2.23. The van der Waals surface area contributed by atoms with Crippen LogP contribution in [0.2, 0.25) is 0 Å². The van der Waals surface area contributed by atoms with Crippen LogP contribution in [0.1, 0.15) is 38.7 Å². The summed E-state index contributed by atoms with van der Waals surface area (Å²) in [6.45, 7) is 6.49. The smallest absolute Gasteiger partial charge is 0.123 e. The Kier molecular flexibility index (Phi) is 4.81. The zero-order valence-electron chi connectivity index (χ0n) is 12.0. The summed E-state index contributed by atoms with van der Waals surface area (Å²) in [6.07, 6.45) is 4.15. The number of rotatable bonds is 5. The lowest BCUT2D eigenvalue weighted by Crippen LogP contribution is -2.25. The van der Waals surface area contributed by atoms with Crippen LogP contribution in [0.4, 0.5) is 10.1 Å². The second kappa shape index (κ2) is 6.38. The first-order valence-corrected chi connectivity index (χ1v) is 7.43. The molecule has 1 aromatic rings. The van der Waals surface area contributed by atoms with Crippen molar-refractivity contribution in [1.29, 1.82) is 0 Å². The molecule has 2 unspecified atom stereocenters. The number of halogens is 1. The van der Waals surface area contributed by atoms with Gasteiger partial charge >= 0.3 is 0 Å². The van der Waals surface area contributed by atoms with Crippen molar-refractivity contribution in [2.75, 3.05) is 18.0 Å². The van der Waals surface area contributed by atoms with E-state index in [9.17, 15) is 4.39 Å². The summed E-state index contributed by atoms with van der Waals surface area (Å²) in [6, 6.07) is 5.26. The van der Waals surface area contributed by atoms with Crippen molar-refractivity contribution < 1.29 is 4.39 Å². The van der Waals surface area contributed by atoms with Crippen LogP contribution in [0, 0.1) is 11.7 Å². The predicted molar refractivity (Wildman–Crippen MR) is 79.0 cm³/mol. The normalized spacial score (nSPS) is 20.8. The molecule has 1 aromatic carbocycles. The van der Waals surface area contributed by atoms with Gasteiger partial charge in [-0.25, -0.2) is 4.39 Å². The molecule has 0 radical (unpaired) electrons. The van der Waals surface area contributed by atoms with Gasteiger partial charge in [-0.2, -0.15) is 0 Å². The molecule has 2 atom stereocenters. The van der Waals surface area contributed by atoms with Crippen molar-refractivity contribution in [1.82, 2.24) is 0 Å². The molecule has 2 nitrogen and oxygen atoms in total. The van der Waals surface area contributed by atoms with Gasteiger partial charge in [0.2, 0.25) is 0 Å². The molecule has 0 spiro atoms. The van der Waals surface area contributed by atoms with E-state index in [4.69, 9.17) is 5.73 Å². The Morgan fingerprint density at radius 3 is 2.84 bits per heavy atom.